The molecule has 7 heteroatoms. The van der Waals surface area contributed by atoms with Crippen molar-refractivity contribution in [3.05, 3.63) is 34.9 Å². The number of alkyl halides is 2. The molecule has 1 amide bonds. The van der Waals surface area contributed by atoms with E-state index in [0.29, 0.717) is 11.6 Å². The average Bonchev–Trinajstić information content (AvgIpc) is 2.76. The Bertz CT molecular complexity index is 538. The first kappa shape index (κ1) is 19.1. The van der Waals surface area contributed by atoms with Gasteiger partial charge in [-0.1, -0.05) is 37.6 Å². The summed E-state index contributed by atoms with van der Waals surface area (Å²) in [5.74, 6) is -3.19. The second-order valence-electron chi connectivity index (χ2n) is 6.11. The van der Waals surface area contributed by atoms with Gasteiger partial charge in [0.15, 0.2) is 0 Å². The standard InChI is InChI=1S/C15H19ClF2N2O.ClH/c1-14(2,10-4-3-5-11(16)6-10)8-20-13(21)12-7-15(17,18)9-19-12;/h3-6,12,19H,7-9H2,1-2H3,(H,20,21);1H. The average molecular weight is 353 g/mol. The highest BCUT2D eigenvalue weighted by Gasteiger charge is 2.42. The zero-order chi connectivity index (χ0) is 15.7. The van der Waals surface area contributed by atoms with Gasteiger partial charge in [-0.3, -0.25) is 10.1 Å². The van der Waals surface area contributed by atoms with E-state index in [-0.39, 0.29) is 23.7 Å². The van der Waals surface area contributed by atoms with Crippen LogP contribution in [-0.4, -0.2) is 31.0 Å². The van der Waals surface area contributed by atoms with Gasteiger partial charge in [-0.15, -0.1) is 12.4 Å². The number of halogens is 4. The van der Waals surface area contributed by atoms with Crippen molar-refractivity contribution in [2.24, 2.45) is 0 Å². The number of rotatable bonds is 4. The number of benzene rings is 1. The summed E-state index contributed by atoms with van der Waals surface area (Å²) in [4.78, 5) is 11.9. The largest absolute Gasteiger partial charge is 0.354 e. The second kappa shape index (κ2) is 7.11. The van der Waals surface area contributed by atoms with Crippen LogP contribution in [-0.2, 0) is 10.2 Å². The molecule has 1 aliphatic heterocycles. The van der Waals surface area contributed by atoms with Crippen LogP contribution >= 0.6 is 24.0 Å². The summed E-state index contributed by atoms with van der Waals surface area (Å²) < 4.78 is 26.2. The van der Waals surface area contributed by atoms with Gasteiger partial charge in [0.05, 0.1) is 12.6 Å². The number of carbonyl (C=O) groups excluding carboxylic acids is 1. The van der Waals surface area contributed by atoms with E-state index in [0.717, 1.165) is 5.56 Å². The lowest BCUT2D eigenvalue weighted by Crippen LogP contribution is -2.45. The number of amides is 1. The Labute approximate surface area is 140 Å². The Kier molecular flexibility index (Phi) is 6.18. The molecule has 0 bridgehead atoms. The molecule has 2 rings (SSSR count). The fourth-order valence-electron chi connectivity index (χ4n) is 2.34. The van der Waals surface area contributed by atoms with E-state index >= 15 is 0 Å². The molecule has 0 aromatic heterocycles. The third-order valence-electron chi connectivity index (χ3n) is 3.74. The Hall–Kier alpha value is -0.910. The number of nitrogens with one attached hydrogen (secondary N) is 2. The molecule has 0 radical (unpaired) electrons. The zero-order valence-corrected chi connectivity index (χ0v) is 14.0. The quantitative estimate of drug-likeness (QED) is 0.873. The van der Waals surface area contributed by atoms with Gasteiger partial charge >= 0.3 is 0 Å². The molecule has 22 heavy (non-hydrogen) atoms. The summed E-state index contributed by atoms with van der Waals surface area (Å²) in [6.07, 6.45) is -0.448. The van der Waals surface area contributed by atoms with Crippen molar-refractivity contribution in [1.82, 2.24) is 10.6 Å². The minimum absolute atomic E-state index is 0. The van der Waals surface area contributed by atoms with E-state index in [1.165, 1.54) is 0 Å². The van der Waals surface area contributed by atoms with Gasteiger partial charge in [-0.25, -0.2) is 8.78 Å². The van der Waals surface area contributed by atoms with E-state index in [9.17, 15) is 13.6 Å². The van der Waals surface area contributed by atoms with Crippen molar-refractivity contribution in [3.63, 3.8) is 0 Å². The Morgan fingerprint density at radius 2 is 2.18 bits per heavy atom. The predicted molar refractivity (Wildman–Crippen MR) is 86.1 cm³/mol. The van der Waals surface area contributed by atoms with E-state index < -0.39 is 24.9 Å². The molecule has 0 saturated carbocycles. The third-order valence-corrected chi connectivity index (χ3v) is 3.97. The lowest BCUT2D eigenvalue weighted by Gasteiger charge is -2.26. The molecule has 124 valence electrons. The molecule has 1 heterocycles. The highest BCUT2D eigenvalue weighted by atomic mass is 35.5. The van der Waals surface area contributed by atoms with Crippen molar-refractivity contribution in [1.29, 1.82) is 0 Å². The Morgan fingerprint density at radius 3 is 2.73 bits per heavy atom. The topological polar surface area (TPSA) is 41.1 Å². The second-order valence-corrected chi connectivity index (χ2v) is 6.54. The van der Waals surface area contributed by atoms with Crippen molar-refractivity contribution in [2.75, 3.05) is 13.1 Å². The third kappa shape index (κ3) is 4.80. The maximum Gasteiger partial charge on any atom is 0.262 e. The summed E-state index contributed by atoms with van der Waals surface area (Å²) >= 11 is 5.97. The molecular formula is C15H20Cl2F2N2O. The highest BCUT2D eigenvalue weighted by Crippen LogP contribution is 2.27. The maximum atomic E-state index is 13.1. The monoisotopic (exact) mass is 352 g/mol. The summed E-state index contributed by atoms with van der Waals surface area (Å²) in [5, 5.41) is 5.92. The van der Waals surface area contributed by atoms with Crippen LogP contribution in [0.1, 0.15) is 25.8 Å². The molecule has 1 atom stereocenters. The maximum absolute atomic E-state index is 13.1. The molecule has 1 aromatic carbocycles. The normalized spacial score (nSPS) is 20.3. The zero-order valence-electron chi connectivity index (χ0n) is 12.5. The SMILES string of the molecule is CC(C)(CNC(=O)C1CC(F)(F)CN1)c1cccc(Cl)c1.Cl. The molecular weight excluding hydrogens is 333 g/mol. The van der Waals surface area contributed by atoms with Gasteiger partial charge in [-0.05, 0) is 17.7 Å². The highest BCUT2D eigenvalue weighted by molar-refractivity contribution is 6.30. The van der Waals surface area contributed by atoms with E-state index in [1.54, 1.807) is 6.07 Å². The van der Waals surface area contributed by atoms with Gasteiger partial charge < -0.3 is 5.32 Å². The van der Waals surface area contributed by atoms with Gasteiger partial charge in [0.25, 0.3) is 5.92 Å². The Morgan fingerprint density at radius 1 is 1.50 bits per heavy atom. The van der Waals surface area contributed by atoms with Crippen LogP contribution in [0.3, 0.4) is 0 Å². The fourth-order valence-corrected chi connectivity index (χ4v) is 2.53. The van der Waals surface area contributed by atoms with Crippen LogP contribution in [0.25, 0.3) is 0 Å². The minimum atomic E-state index is -2.80. The van der Waals surface area contributed by atoms with E-state index in [4.69, 9.17) is 11.6 Å². The Balaban J connectivity index is 0.00000242. The van der Waals surface area contributed by atoms with Crippen LogP contribution < -0.4 is 10.6 Å². The van der Waals surface area contributed by atoms with E-state index in [2.05, 4.69) is 10.6 Å². The van der Waals surface area contributed by atoms with Gasteiger partial charge in [-0.2, -0.15) is 0 Å². The van der Waals surface area contributed by atoms with Gasteiger partial charge in [0.1, 0.15) is 0 Å². The minimum Gasteiger partial charge on any atom is -0.354 e. The predicted octanol–water partition coefficient (Wildman–Crippen LogP) is 3.15. The lowest BCUT2D eigenvalue weighted by molar-refractivity contribution is -0.123. The van der Waals surface area contributed by atoms with Crippen LogP contribution in [0, 0.1) is 0 Å². The van der Waals surface area contributed by atoms with Crippen molar-refractivity contribution in [2.45, 2.75) is 37.6 Å². The summed E-state index contributed by atoms with van der Waals surface area (Å²) in [6.45, 7) is 3.85. The van der Waals surface area contributed by atoms with Crippen molar-refractivity contribution in [3.8, 4) is 0 Å². The number of hydrogen-bond donors (Lipinski definition) is 2. The molecule has 0 aliphatic carbocycles. The van der Waals surface area contributed by atoms with Crippen molar-refractivity contribution < 1.29 is 13.6 Å². The molecule has 1 saturated heterocycles. The van der Waals surface area contributed by atoms with Gasteiger partial charge in [0.2, 0.25) is 5.91 Å². The molecule has 2 N–H and O–H groups in total. The fraction of sp³-hybridized carbons (Fsp3) is 0.533. The molecule has 1 aromatic rings. The number of hydrogen-bond acceptors (Lipinski definition) is 2. The summed E-state index contributed by atoms with van der Waals surface area (Å²) in [7, 11) is 0. The molecule has 1 aliphatic rings. The smallest absolute Gasteiger partial charge is 0.262 e. The first-order valence-corrected chi connectivity index (χ1v) is 7.22. The first-order chi connectivity index (χ1) is 9.70. The molecule has 3 nitrogen and oxygen atoms in total. The number of carbonyl (C=O) groups is 1. The van der Waals surface area contributed by atoms with E-state index in [1.807, 2.05) is 32.0 Å². The molecule has 1 fully saturated rings. The lowest BCUT2D eigenvalue weighted by atomic mass is 9.84. The van der Waals surface area contributed by atoms with Crippen LogP contribution in [0.4, 0.5) is 8.78 Å². The molecule has 1 unspecified atom stereocenters. The van der Waals surface area contributed by atoms with Crippen molar-refractivity contribution >= 4 is 29.9 Å². The van der Waals surface area contributed by atoms with Gasteiger partial charge in [0, 0.05) is 23.4 Å². The van der Waals surface area contributed by atoms with Crippen LogP contribution in [0.5, 0.6) is 0 Å². The molecule has 0 spiro atoms. The van der Waals surface area contributed by atoms with Crippen LogP contribution in [0.2, 0.25) is 5.02 Å². The van der Waals surface area contributed by atoms with Crippen LogP contribution in [0.15, 0.2) is 24.3 Å². The summed E-state index contributed by atoms with van der Waals surface area (Å²) in [5.41, 5.74) is 0.654. The summed E-state index contributed by atoms with van der Waals surface area (Å²) in [6, 6.07) is 6.58. The first-order valence-electron chi connectivity index (χ1n) is 6.85.